The van der Waals surface area contributed by atoms with E-state index in [4.69, 9.17) is 0 Å². The Balaban J connectivity index is 3.47. The summed E-state index contributed by atoms with van der Waals surface area (Å²) < 4.78 is 0. The van der Waals surface area contributed by atoms with Crippen molar-refractivity contribution in [2.45, 2.75) is 84.5 Å². The van der Waals surface area contributed by atoms with Crippen LogP contribution in [0.2, 0.25) is 0 Å². The number of allylic oxidation sites excluding steroid dienone is 2. The van der Waals surface area contributed by atoms with E-state index in [9.17, 15) is 9.59 Å². The van der Waals surface area contributed by atoms with Gasteiger partial charge in [0.2, 0.25) is 11.8 Å². The monoisotopic (exact) mass is 320 g/mol. The molecular weight excluding hydrogens is 288 g/mol. The van der Waals surface area contributed by atoms with Crippen molar-refractivity contribution >= 4 is 24.2 Å². The van der Waals surface area contributed by atoms with Crippen molar-refractivity contribution in [2.75, 3.05) is 0 Å². The SMILES string of the molecule is CCCCCCCCCCCC(=O)N=CC=CCC=NC(C)=O. The standard InChI is InChI=1S/C19H32N2O2/c1-3-4-5-6-7-8-9-10-12-15-19(23)21-17-14-11-13-16-20-18(2)22/h11,14,16-17H,3-10,12-13,15H2,1-2H3. The molecule has 0 rings (SSSR count). The van der Waals surface area contributed by atoms with E-state index >= 15 is 0 Å². The molecular formula is C19H32N2O2. The zero-order chi connectivity index (χ0) is 17.2. The number of unbranched alkanes of at least 4 members (excludes halogenated alkanes) is 8. The minimum Gasteiger partial charge on any atom is -0.273 e. The fraction of sp³-hybridized carbons (Fsp3) is 0.684. The highest BCUT2D eigenvalue weighted by atomic mass is 16.1. The van der Waals surface area contributed by atoms with Crippen LogP contribution in [0.3, 0.4) is 0 Å². The van der Waals surface area contributed by atoms with E-state index in [1.807, 2.05) is 6.08 Å². The third kappa shape index (κ3) is 18.4. The Kier molecular flexibility index (Phi) is 15.6. The molecule has 0 aromatic carbocycles. The van der Waals surface area contributed by atoms with Crippen LogP contribution in [0.5, 0.6) is 0 Å². The molecule has 0 saturated carbocycles. The van der Waals surface area contributed by atoms with Gasteiger partial charge in [-0.25, -0.2) is 9.98 Å². The number of aliphatic imine (C=N–C) groups is 2. The number of hydrogen-bond donors (Lipinski definition) is 0. The summed E-state index contributed by atoms with van der Waals surface area (Å²) in [7, 11) is 0. The molecule has 0 saturated heterocycles. The second kappa shape index (κ2) is 16.8. The average molecular weight is 320 g/mol. The van der Waals surface area contributed by atoms with Crippen molar-refractivity contribution in [3.05, 3.63) is 12.2 Å². The number of carbonyl (C=O) groups is 2. The van der Waals surface area contributed by atoms with Gasteiger partial charge in [-0.2, -0.15) is 0 Å². The molecule has 0 bridgehead atoms. The summed E-state index contributed by atoms with van der Waals surface area (Å²) in [6.45, 7) is 3.64. The van der Waals surface area contributed by atoms with Crippen LogP contribution in [-0.2, 0) is 9.59 Å². The topological polar surface area (TPSA) is 58.9 Å². The van der Waals surface area contributed by atoms with Gasteiger partial charge in [0.15, 0.2) is 0 Å². The van der Waals surface area contributed by atoms with E-state index in [2.05, 4.69) is 16.9 Å². The van der Waals surface area contributed by atoms with Gasteiger partial charge >= 0.3 is 0 Å². The van der Waals surface area contributed by atoms with Gasteiger partial charge in [-0.1, -0.05) is 64.4 Å². The maximum Gasteiger partial charge on any atom is 0.245 e. The summed E-state index contributed by atoms with van der Waals surface area (Å²) in [6, 6.07) is 0. The molecule has 0 aliphatic carbocycles. The Hall–Kier alpha value is -1.58. The molecule has 130 valence electrons. The Morgan fingerprint density at radius 1 is 0.870 bits per heavy atom. The predicted molar refractivity (Wildman–Crippen MR) is 98.3 cm³/mol. The lowest BCUT2D eigenvalue weighted by molar-refractivity contribution is -0.118. The summed E-state index contributed by atoms with van der Waals surface area (Å²) in [5, 5.41) is 0. The van der Waals surface area contributed by atoms with E-state index in [0.29, 0.717) is 12.8 Å². The Morgan fingerprint density at radius 2 is 1.48 bits per heavy atom. The molecule has 0 aliphatic rings. The predicted octanol–water partition coefficient (Wildman–Crippen LogP) is 5.07. The number of hydrogen-bond acceptors (Lipinski definition) is 2. The van der Waals surface area contributed by atoms with Gasteiger partial charge in [0.1, 0.15) is 0 Å². The molecule has 0 aromatic heterocycles. The van der Waals surface area contributed by atoms with Gasteiger partial charge in [-0.15, -0.1) is 0 Å². The first-order valence-corrected chi connectivity index (χ1v) is 8.92. The maximum absolute atomic E-state index is 11.5. The first-order chi connectivity index (χ1) is 11.2. The lowest BCUT2D eigenvalue weighted by atomic mass is 10.1. The smallest absolute Gasteiger partial charge is 0.245 e. The van der Waals surface area contributed by atoms with Crippen molar-refractivity contribution in [3.63, 3.8) is 0 Å². The van der Waals surface area contributed by atoms with Crippen LogP contribution >= 0.6 is 0 Å². The van der Waals surface area contributed by atoms with Crippen molar-refractivity contribution in [1.29, 1.82) is 0 Å². The van der Waals surface area contributed by atoms with Gasteiger partial charge in [-0.3, -0.25) is 9.59 Å². The third-order valence-electron chi connectivity index (χ3n) is 3.45. The molecule has 0 radical (unpaired) electrons. The molecule has 23 heavy (non-hydrogen) atoms. The molecule has 4 heteroatoms. The highest BCUT2D eigenvalue weighted by molar-refractivity contribution is 5.89. The fourth-order valence-corrected chi connectivity index (χ4v) is 2.16. The Morgan fingerprint density at radius 3 is 2.09 bits per heavy atom. The van der Waals surface area contributed by atoms with Crippen molar-refractivity contribution in [3.8, 4) is 0 Å². The molecule has 0 unspecified atom stereocenters. The molecule has 4 nitrogen and oxygen atoms in total. The van der Waals surface area contributed by atoms with Gasteiger partial charge in [-0.05, 0) is 12.5 Å². The number of amides is 2. The van der Waals surface area contributed by atoms with Gasteiger partial charge in [0, 0.05) is 32.2 Å². The summed E-state index contributed by atoms with van der Waals surface area (Å²) in [5.74, 6) is -0.266. The normalized spacial score (nSPS) is 11.9. The van der Waals surface area contributed by atoms with E-state index in [1.54, 1.807) is 6.08 Å². The minimum atomic E-state index is -0.205. The largest absolute Gasteiger partial charge is 0.273 e. The van der Waals surface area contributed by atoms with Gasteiger partial charge in [0.25, 0.3) is 0 Å². The first-order valence-electron chi connectivity index (χ1n) is 8.92. The summed E-state index contributed by atoms with van der Waals surface area (Å²) >= 11 is 0. The van der Waals surface area contributed by atoms with E-state index < -0.39 is 0 Å². The molecule has 0 heterocycles. The minimum absolute atomic E-state index is 0.0602. The lowest BCUT2D eigenvalue weighted by Gasteiger charge is -2.00. The summed E-state index contributed by atoms with van der Waals surface area (Å²) in [6.07, 6.45) is 18.9. The van der Waals surface area contributed by atoms with E-state index in [0.717, 1.165) is 12.8 Å². The highest BCUT2D eigenvalue weighted by Gasteiger charge is 1.97. The van der Waals surface area contributed by atoms with Crippen LogP contribution in [0.4, 0.5) is 0 Å². The molecule has 0 spiro atoms. The quantitative estimate of drug-likeness (QED) is 0.351. The first kappa shape index (κ1) is 21.4. The maximum atomic E-state index is 11.5. The van der Waals surface area contributed by atoms with Crippen LogP contribution in [0.25, 0.3) is 0 Å². The second-order valence-electron chi connectivity index (χ2n) is 5.74. The van der Waals surface area contributed by atoms with Crippen LogP contribution in [0.1, 0.15) is 84.5 Å². The Bertz CT molecular complexity index is 398. The van der Waals surface area contributed by atoms with Crippen LogP contribution < -0.4 is 0 Å². The van der Waals surface area contributed by atoms with Crippen molar-refractivity contribution < 1.29 is 9.59 Å². The number of rotatable bonds is 13. The van der Waals surface area contributed by atoms with E-state index in [-0.39, 0.29) is 11.8 Å². The third-order valence-corrected chi connectivity index (χ3v) is 3.45. The second-order valence-corrected chi connectivity index (χ2v) is 5.74. The van der Waals surface area contributed by atoms with Crippen LogP contribution in [0.15, 0.2) is 22.1 Å². The molecule has 0 fully saturated rings. The fourth-order valence-electron chi connectivity index (χ4n) is 2.16. The van der Waals surface area contributed by atoms with Crippen LogP contribution in [-0.4, -0.2) is 24.2 Å². The number of carbonyl (C=O) groups excluding carboxylic acids is 2. The molecule has 0 N–H and O–H groups in total. The zero-order valence-electron chi connectivity index (χ0n) is 14.8. The molecule has 0 atom stereocenters. The lowest BCUT2D eigenvalue weighted by Crippen LogP contribution is -1.93. The van der Waals surface area contributed by atoms with Crippen LogP contribution in [0, 0.1) is 0 Å². The molecule has 0 aliphatic heterocycles. The zero-order valence-corrected chi connectivity index (χ0v) is 14.8. The van der Waals surface area contributed by atoms with E-state index in [1.165, 1.54) is 64.3 Å². The molecule has 2 amide bonds. The van der Waals surface area contributed by atoms with Crippen molar-refractivity contribution in [1.82, 2.24) is 0 Å². The summed E-state index contributed by atoms with van der Waals surface area (Å²) in [4.78, 5) is 29.6. The highest BCUT2D eigenvalue weighted by Crippen LogP contribution is 2.10. The van der Waals surface area contributed by atoms with Crippen molar-refractivity contribution in [2.24, 2.45) is 9.98 Å². The summed E-state index contributed by atoms with van der Waals surface area (Å²) in [5.41, 5.74) is 0. The number of nitrogens with zero attached hydrogens (tertiary/aromatic N) is 2. The average Bonchev–Trinajstić information content (AvgIpc) is 2.52. The Labute approximate surface area is 141 Å². The van der Waals surface area contributed by atoms with Gasteiger partial charge < -0.3 is 0 Å². The molecule has 0 aromatic rings. The van der Waals surface area contributed by atoms with Gasteiger partial charge in [0.05, 0.1) is 0 Å².